The van der Waals surface area contributed by atoms with Crippen LogP contribution in [-0.4, -0.2) is 36.5 Å². The molecule has 1 heterocycles. The van der Waals surface area contributed by atoms with Crippen LogP contribution in [-0.2, 0) is 9.47 Å². The summed E-state index contributed by atoms with van der Waals surface area (Å²) in [4.78, 5) is 22.2. The lowest BCUT2D eigenvalue weighted by Gasteiger charge is -2.21. The van der Waals surface area contributed by atoms with Crippen molar-refractivity contribution in [3.05, 3.63) is 33.6 Å². The quantitative estimate of drug-likeness (QED) is 0.483. The molecule has 0 saturated carbocycles. The van der Waals surface area contributed by atoms with Crippen LogP contribution in [0.5, 0.6) is 0 Å². The number of ether oxygens (including phenoxy) is 2. The molecule has 1 saturated heterocycles. The molecular weight excluding hydrogens is 301 g/mol. The molecule has 0 spiro atoms. The monoisotopic (exact) mass is 315 g/mol. The zero-order valence-corrected chi connectivity index (χ0v) is 12.2. The number of hydrogen-bond acceptors (Lipinski definition) is 6. The van der Waals surface area contributed by atoms with E-state index in [1.165, 1.54) is 17.8 Å². The maximum absolute atomic E-state index is 13.8. The topological polar surface area (TPSA) is 78.7 Å². The molecule has 0 bridgehead atoms. The number of carbonyl (C=O) groups is 1. The Bertz CT molecular complexity index is 560. The third-order valence-electron chi connectivity index (χ3n) is 3.11. The number of halogens is 1. The molecule has 6 nitrogen and oxygen atoms in total. The van der Waals surface area contributed by atoms with Crippen LogP contribution in [0.25, 0.3) is 0 Å². The van der Waals surface area contributed by atoms with E-state index in [2.05, 4.69) is 4.74 Å². The van der Waals surface area contributed by atoms with Crippen molar-refractivity contribution in [1.29, 1.82) is 0 Å². The number of rotatable bonds is 4. The molecule has 1 aromatic rings. The highest BCUT2D eigenvalue weighted by molar-refractivity contribution is 8.00. The van der Waals surface area contributed by atoms with Gasteiger partial charge in [-0.15, -0.1) is 11.8 Å². The SMILES string of the molecule is COC(=O)c1cc(SC2CCOCC2)c([N+](=O)[O-])cc1F. The molecule has 1 aliphatic heterocycles. The molecule has 0 aromatic heterocycles. The van der Waals surface area contributed by atoms with Crippen molar-refractivity contribution in [3.63, 3.8) is 0 Å². The van der Waals surface area contributed by atoms with Gasteiger partial charge in [0.25, 0.3) is 5.69 Å². The zero-order valence-electron chi connectivity index (χ0n) is 11.3. The summed E-state index contributed by atoms with van der Waals surface area (Å²) in [5.74, 6) is -1.80. The molecule has 114 valence electrons. The Morgan fingerprint density at radius 1 is 1.48 bits per heavy atom. The van der Waals surface area contributed by atoms with E-state index in [-0.39, 0.29) is 21.4 Å². The number of methoxy groups -OCH3 is 1. The molecule has 0 amide bonds. The van der Waals surface area contributed by atoms with Crippen LogP contribution in [0, 0.1) is 15.9 Å². The van der Waals surface area contributed by atoms with E-state index in [9.17, 15) is 19.3 Å². The molecule has 0 atom stereocenters. The van der Waals surface area contributed by atoms with Crippen molar-refractivity contribution in [2.24, 2.45) is 0 Å². The van der Waals surface area contributed by atoms with Crippen molar-refractivity contribution in [3.8, 4) is 0 Å². The van der Waals surface area contributed by atoms with Gasteiger partial charge in [-0.25, -0.2) is 9.18 Å². The van der Waals surface area contributed by atoms with E-state index in [0.717, 1.165) is 26.0 Å². The summed E-state index contributed by atoms with van der Waals surface area (Å²) in [6.45, 7) is 1.19. The lowest BCUT2D eigenvalue weighted by atomic mass is 10.2. The van der Waals surface area contributed by atoms with Gasteiger partial charge in [0.1, 0.15) is 5.82 Å². The normalized spacial score (nSPS) is 15.7. The number of nitro groups is 1. The van der Waals surface area contributed by atoms with Gasteiger partial charge in [0.05, 0.1) is 28.6 Å². The zero-order chi connectivity index (χ0) is 15.4. The van der Waals surface area contributed by atoms with Gasteiger partial charge in [0, 0.05) is 18.5 Å². The van der Waals surface area contributed by atoms with Crippen LogP contribution in [0.1, 0.15) is 23.2 Å². The highest BCUT2D eigenvalue weighted by Gasteiger charge is 2.25. The first-order chi connectivity index (χ1) is 10.0. The summed E-state index contributed by atoms with van der Waals surface area (Å²) in [7, 11) is 1.13. The number of nitrogens with zero attached hydrogens (tertiary/aromatic N) is 1. The van der Waals surface area contributed by atoms with Gasteiger partial charge in [-0.3, -0.25) is 10.1 Å². The molecule has 0 aliphatic carbocycles. The molecule has 1 aliphatic rings. The van der Waals surface area contributed by atoms with E-state index >= 15 is 0 Å². The minimum atomic E-state index is -0.954. The summed E-state index contributed by atoms with van der Waals surface area (Å²) < 4.78 is 23.5. The number of thioether (sulfide) groups is 1. The smallest absolute Gasteiger partial charge is 0.340 e. The van der Waals surface area contributed by atoms with Gasteiger partial charge >= 0.3 is 5.97 Å². The Morgan fingerprint density at radius 3 is 2.71 bits per heavy atom. The number of hydrogen-bond donors (Lipinski definition) is 0. The van der Waals surface area contributed by atoms with E-state index in [1.807, 2.05) is 0 Å². The second-order valence-electron chi connectivity index (χ2n) is 4.48. The van der Waals surface area contributed by atoms with Crippen LogP contribution in [0.15, 0.2) is 17.0 Å². The predicted octanol–water partition coefficient (Wildman–Crippen LogP) is 2.79. The van der Waals surface area contributed by atoms with E-state index < -0.39 is 16.7 Å². The Kier molecular flexibility index (Phi) is 5.13. The molecule has 0 unspecified atom stereocenters. The van der Waals surface area contributed by atoms with Crippen LogP contribution in [0.3, 0.4) is 0 Å². The largest absolute Gasteiger partial charge is 0.465 e. The molecule has 2 rings (SSSR count). The van der Waals surface area contributed by atoms with Crippen LogP contribution in [0.4, 0.5) is 10.1 Å². The van der Waals surface area contributed by atoms with Crippen molar-refractivity contribution < 1.29 is 23.6 Å². The summed E-state index contributed by atoms with van der Waals surface area (Å²) in [5, 5.41) is 11.2. The van der Waals surface area contributed by atoms with E-state index in [1.54, 1.807) is 0 Å². The standard InChI is InChI=1S/C13H14FNO5S/c1-19-13(16)9-6-12(11(15(17)18)7-10(9)14)21-8-2-4-20-5-3-8/h6-8H,2-5H2,1H3. The summed E-state index contributed by atoms with van der Waals surface area (Å²) in [6, 6.07) is 1.97. The Hall–Kier alpha value is -1.67. The number of carbonyl (C=O) groups excluding carboxylic acids is 1. The maximum atomic E-state index is 13.8. The van der Waals surface area contributed by atoms with Gasteiger partial charge in [-0.1, -0.05) is 0 Å². The predicted molar refractivity (Wildman–Crippen MR) is 74.1 cm³/mol. The first kappa shape index (κ1) is 15.7. The molecule has 1 fully saturated rings. The summed E-state index contributed by atoms with van der Waals surface area (Å²) in [6.07, 6.45) is 1.51. The lowest BCUT2D eigenvalue weighted by Crippen LogP contribution is -2.17. The van der Waals surface area contributed by atoms with Gasteiger partial charge in [0.2, 0.25) is 0 Å². The van der Waals surface area contributed by atoms with Crippen molar-refractivity contribution >= 4 is 23.4 Å². The van der Waals surface area contributed by atoms with Crippen molar-refractivity contribution in [2.45, 2.75) is 23.0 Å². The highest BCUT2D eigenvalue weighted by atomic mass is 32.2. The van der Waals surface area contributed by atoms with Crippen molar-refractivity contribution in [2.75, 3.05) is 20.3 Å². The first-order valence-electron chi connectivity index (χ1n) is 6.33. The number of esters is 1. The van der Waals surface area contributed by atoms with Gasteiger partial charge in [0.15, 0.2) is 0 Å². The second-order valence-corrected chi connectivity index (χ2v) is 5.82. The Balaban J connectivity index is 2.35. The fourth-order valence-corrected chi connectivity index (χ4v) is 3.25. The summed E-state index contributed by atoms with van der Waals surface area (Å²) >= 11 is 1.27. The molecule has 21 heavy (non-hydrogen) atoms. The van der Waals surface area contributed by atoms with E-state index in [0.29, 0.717) is 13.2 Å². The average molecular weight is 315 g/mol. The highest BCUT2D eigenvalue weighted by Crippen LogP contribution is 2.37. The van der Waals surface area contributed by atoms with Crippen LogP contribution in [0.2, 0.25) is 0 Å². The van der Waals surface area contributed by atoms with Crippen LogP contribution >= 0.6 is 11.8 Å². The first-order valence-corrected chi connectivity index (χ1v) is 7.21. The third-order valence-corrected chi connectivity index (χ3v) is 4.50. The average Bonchev–Trinajstić information content (AvgIpc) is 2.48. The second kappa shape index (κ2) is 6.86. The fraction of sp³-hybridized carbons (Fsp3) is 0.462. The molecule has 0 N–H and O–H groups in total. The van der Waals surface area contributed by atoms with E-state index in [4.69, 9.17) is 4.74 Å². The Labute approximate surface area is 124 Å². The van der Waals surface area contributed by atoms with Crippen LogP contribution < -0.4 is 0 Å². The minimum Gasteiger partial charge on any atom is -0.465 e. The molecule has 1 aromatic carbocycles. The number of nitro benzene ring substituents is 1. The third kappa shape index (κ3) is 3.70. The maximum Gasteiger partial charge on any atom is 0.340 e. The minimum absolute atomic E-state index is 0.147. The molecule has 8 heteroatoms. The molecular formula is C13H14FNO5S. The number of benzene rings is 1. The van der Waals surface area contributed by atoms with Gasteiger partial charge in [-0.2, -0.15) is 0 Å². The van der Waals surface area contributed by atoms with Gasteiger partial charge in [-0.05, 0) is 18.9 Å². The lowest BCUT2D eigenvalue weighted by molar-refractivity contribution is -0.387. The fourth-order valence-electron chi connectivity index (χ4n) is 2.02. The van der Waals surface area contributed by atoms with Crippen molar-refractivity contribution in [1.82, 2.24) is 0 Å². The molecule has 0 radical (unpaired) electrons. The van der Waals surface area contributed by atoms with Gasteiger partial charge < -0.3 is 9.47 Å². The Morgan fingerprint density at radius 2 is 2.14 bits per heavy atom. The summed E-state index contributed by atoms with van der Waals surface area (Å²) in [5.41, 5.74) is -0.630.